The van der Waals surface area contributed by atoms with Gasteiger partial charge < -0.3 is 10.6 Å². The molecule has 1 saturated carbocycles. The van der Waals surface area contributed by atoms with Crippen molar-refractivity contribution in [2.45, 2.75) is 45.1 Å². The van der Waals surface area contributed by atoms with E-state index in [0.717, 1.165) is 17.8 Å². The maximum Gasteiger partial charge on any atom is 0.225 e. The van der Waals surface area contributed by atoms with E-state index in [2.05, 4.69) is 10.6 Å². The Hall–Kier alpha value is -1.06. The summed E-state index contributed by atoms with van der Waals surface area (Å²) >= 11 is 5.89. The lowest BCUT2D eigenvalue weighted by atomic mass is 10.2. The molecule has 1 aliphatic carbocycles. The molecule has 0 bridgehead atoms. The average Bonchev–Trinajstić information content (AvgIpc) is 2.86. The minimum absolute atomic E-state index is 0.0518. The summed E-state index contributed by atoms with van der Waals surface area (Å²) in [7, 11) is 0. The molecule has 0 saturated heterocycles. The normalized spacial score (nSPS) is 15.7. The maximum atomic E-state index is 11.8. The number of nitrogens with one attached hydrogen (secondary N) is 2. The third-order valence-electron chi connectivity index (χ3n) is 3.60. The highest BCUT2D eigenvalue weighted by atomic mass is 35.5. The van der Waals surface area contributed by atoms with Crippen LogP contribution < -0.4 is 10.6 Å². The van der Waals surface area contributed by atoms with E-state index in [1.165, 1.54) is 25.7 Å². The molecule has 104 valence electrons. The number of carbonyl (C=O) groups is 1. The molecule has 1 aromatic rings. The molecule has 1 fully saturated rings. The minimum Gasteiger partial charge on any atom is -0.326 e. The molecule has 2 rings (SSSR count). The monoisotopic (exact) mass is 280 g/mol. The van der Waals surface area contributed by atoms with Crippen LogP contribution in [0.5, 0.6) is 0 Å². The van der Waals surface area contributed by atoms with Crippen LogP contribution in [0.15, 0.2) is 18.2 Å². The highest BCUT2D eigenvalue weighted by Crippen LogP contribution is 2.20. The number of rotatable bonds is 5. The van der Waals surface area contributed by atoms with E-state index in [9.17, 15) is 4.79 Å². The van der Waals surface area contributed by atoms with Gasteiger partial charge >= 0.3 is 0 Å². The lowest BCUT2D eigenvalue weighted by Crippen LogP contribution is -2.29. The van der Waals surface area contributed by atoms with E-state index in [1.807, 2.05) is 19.1 Å². The van der Waals surface area contributed by atoms with Crippen molar-refractivity contribution in [2.75, 3.05) is 11.9 Å². The van der Waals surface area contributed by atoms with Crippen LogP contribution in [-0.2, 0) is 4.79 Å². The molecule has 0 aromatic heterocycles. The summed E-state index contributed by atoms with van der Waals surface area (Å²) in [6.07, 6.45) is 5.63. The van der Waals surface area contributed by atoms with Gasteiger partial charge in [0.25, 0.3) is 0 Å². The van der Waals surface area contributed by atoms with Crippen molar-refractivity contribution in [3.8, 4) is 0 Å². The van der Waals surface area contributed by atoms with Crippen molar-refractivity contribution < 1.29 is 4.79 Å². The van der Waals surface area contributed by atoms with Crippen molar-refractivity contribution in [3.05, 3.63) is 28.8 Å². The van der Waals surface area contributed by atoms with Gasteiger partial charge in [-0.05, 0) is 43.5 Å². The predicted octanol–water partition coefficient (Wildman–Crippen LogP) is 3.51. The fourth-order valence-corrected chi connectivity index (χ4v) is 2.73. The van der Waals surface area contributed by atoms with Gasteiger partial charge in [0.1, 0.15) is 0 Å². The van der Waals surface area contributed by atoms with Crippen LogP contribution in [0.4, 0.5) is 5.69 Å². The van der Waals surface area contributed by atoms with E-state index < -0.39 is 0 Å². The van der Waals surface area contributed by atoms with Crippen LogP contribution >= 0.6 is 11.6 Å². The molecule has 2 N–H and O–H groups in total. The first-order chi connectivity index (χ1) is 9.15. The lowest BCUT2D eigenvalue weighted by Gasteiger charge is -2.12. The summed E-state index contributed by atoms with van der Waals surface area (Å²) in [6, 6.07) is 6.11. The Balaban J connectivity index is 1.74. The van der Waals surface area contributed by atoms with Gasteiger partial charge in [-0.2, -0.15) is 0 Å². The van der Waals surface area contributed by atoms with Crippen molar-refractivity contribution >= 4 is 23.2 Å². The Kier molecular flexibility index (Phi) is 5.23. The highest BCUT2D eigenvalue weighted by molar-refractivity contribution is 6.30. The first kappa shape index (κ1) is 14.4. The number of benzene rings is 1. The molecule has 19 heavy (non-hydrogen) atoms. The zero-order chi connectivity index (χ0) is 13.7. The minimum atomic E-state index is 0.0518. The lowest BCUT2D eigenvalue weighted by molar-refractivity contribution is -0.116. The summed E-state index contributed by atoms with van der Waals surface area (Å²) in [4.78, 5) is 11.8. The molecule has 0 unspecified atom stereocenters. The first-order valence-corrected chi connectivity index (χ1v) is 7.32. The van der Waals surface area contributed by atoms with Gasteiger partial charge in [0, 0.05) is 29.7 Å². The average molecular weight is 281 g/mol. The Morgan fingerprint density at radius 1 is 1.37 bits per heavy atom. The SMILES string of the molecule is Cc1cc(Cl)ccc1NC(=O)CCNC1CCCC1. The van der Waals surface area contributed by atoms with Crippen LogP contribution in [0.25, 0.3) is 0 Å². The first-order valence-electron chi connectivity index (χ1n) is 6.94. The molecular formula is C15H21ClN2O. The molecule has 1 amide bonds. The van der Waals surface area contributed by atoms with Crippen molar-refractivity contribution in [1.29, 1.82) is 0 Å². The Bertz CT molecular complexity index is 442. The van der Waals surface area contributed by atoms with Gasteiger partial charge in [0.05, 0.1) is 0 Å². The van der Waals surface area contributed by atoms with Crippen LogP contribution in [0.2, 0.25) is 5.02 Å². The van der Waals surface area contributed by atoms with Gasteiger partial charge in [-0.3, -0.25) is 4.79 Å². The maximum absolute atomic E-state index is 11.8. The van der Waals surface area contributed by atoms with Crippen molar-refractivity contribution in [3.63, 3.8) is 0 Å². The van der Waals surface area contributed by atoms with Crippen LogP contribution in [0.3, 0.4) is 0 Å². The fourth-order valence-electron chi connectivity index (χ4n) is 2.50. The number of hydrogen-bond donors (Lipinski definition) is 2. The summed E-state index contributed by atoms with van der Waals surface area (Å²) in [6.45, 7) is 2.70. The summed E-state index contributed by atoms with van der Waals surface area (Å²) in [5.41, 5.74) is 1.83. The molecule has 4 heteroatoms. The number of carbonyl (C=O) groups excluding carboxylic acids is 1. The number of anilines is 1. The fraction of sp³-hybridized carbons (Fsp3) is 0.533. The second-order valence-electron chi connectivity index (χ2n) is 5.19. The Morgan fingerprint density at radius 2 is 2.11 bits per heavy atom. The van der Waals surface area contributed by atoms with Gasteiger partial charge in [-0.15, -0.1) is 0 Å². The van der Waals surface area contributed by atoms with Crippen molar-refractivity contribution in [1.82, 2.24) is 5.32 Å². The number of halogens is 1. The van der Waals surface area contributed by atoms with Gasteiger partial charge in [0.15, 0.2) is 0 Å². The van der Waals surface area contributed by atoms with Gasteiger partial charge in [-0.1, -0.05) is 24.4 Å². The summed E-state index contributed by atoms with van der Waals surface area (Å²) < 4.78 is 0. The third-order valence-corrected chi connectivity index (χ3v) is 3.84. The summed E-state index contributed by atoms with van der Waals surface area (Å²) in [5.74, 6) is 0.0518. The molecule has 0 spiro atoms. The van der Waals surface area contributed by atoms with E-state index in [0.29, 0.717) is 17.5 Å². The summed E-state index contributed by atoms with van der Waals surface area (Å²) in [5, 5.41) is 7.06. The Morgan fingerprint density at radius 3 is 2.79 bits per heavy atom. The molecule has 3 nitrogen and oxygen atoms in total. The molecule has 0 radical (unpaired) electrons. The standard InChI is InChI=1S/C15H21ClN2O/c1-11-10-12(16)6-7-14(11)18-15(19)8-9-17-13-4-2-3-5-13/h6-7,10,13,17H,2-5,8-9H2,1H3,(H,18,19). The smallest absolute Gasteiger partial charge is 0.225 e. The largest absolute Gasteiger partial charge is 0.326 e. The van der Waals surface area contributed by atoms with E-state index in [-0.39, 0.29) is 5.91 Å². The van der Waals surface area contributed by atoms with Crippen molar-refractivity contribution in [2.24, 2.45) is 0 Å². The highest BCUT2D eigenvalue weighted by Gasteiger charge is 2.14. The molecular weight excluding hydrogens is 260 g/mol. The quantitative estimate of drug-likeness (QED) is 0.867. The molecule has 0 atom stereocenters. The topological polar surface area (TPSA) is 41.1 Å². The van der Waals surface area contributed by atoms with Gasteiger partial charge in [-0.25, -0.2) is 0 Å². The zero-order valence-corrected chi connectivity index (χ0v) is 12.1. The molecule has 0 aliphatic heterocycles. The molecule has 1 aliphatic rings. The van der Waals surface area contributed by atoms with Crippen LogP contribution in [0.1, 0.15) is 37.7 Å². The molecule has 1 aromatic carbocycles. The second-order valence-corrected chi connectivity index (χ2v) is 5.63. The predicted molar refractivity (Wildman–Crippen MR) is 79.7 cm³/mol. The number of amides is 1. The molecule has 0 heterocycles. The zero-order valence-electron chi connectivity index (χ0n) is 11.3. The second kappa shape index (κ2) is 6.92. The van der Waals surface area contributed by atoms with E-state index in [1.54, 1.807) is 6.07 Å². The third kappa shape index (κ3) is 4.51. The number of aryl methyl sites for hydroxylation is 1. The van der Waals surface area contributed by atoms with Gasteiger partial charge in [0.2, 0.25) is 5.91 Å². The van der Waals surface area contributed by atoms with E-state index in [4.69, 9.17) is 11.6 Å². The van der Waals surface area contributed by atoms with Crippen LogP contribution in [0, 0.1) is 6.92 Å². The van der Waals surface area contributed by atoms with Crippen LogP contribution in [-0.4, -0.2) is 18.5 Å². The number of hydrogen-bond acceptors (Lipinski definition) is 2. The Labute approximate surface area is 119 Å². The van der Waals surface area contributed by atoms with E-state index >= 15 is 0 Å².